The van der Waals surface area contributed by atoms with Gasteiger partial charge in [-0.15, -0.1) is 0 Å². The van der Waals surface area contributed by atoms with Crippen molar-refractivity contribution in [3.05, 3.63) is 39.4 Å². The van der Waals surface area contributed by atoms with E-state index in [1.165, 1.54) is 0 Å². The summed E-state index contributed by atoms with van der Waals surface area (Å²) >= 11 is 0. The first-order valence-electron chi connectivity index (χ1n) is 5.72. The van der Waals surface area contributed by atoms with Gasteiger partial charge in [-0.05, 0) is 12.5 Å². The maximum atomic E-state index is 13.9. The van der Waals surface area contributed by atoms with Gasteiger partial charge in [0.05, 0.1) is 22.6 Å². The Kier molecular flexibility index (Phi) is 5.08. The molecule has 0 aliphatic heterocycles. The van der Waals surface area contributed by atoms with Gasteiger partial charge in [-0.2, -0.15) is 9.65 Å². The highest BCUT2D eigenvalue weighted by Crippen LogP contribution is 2.23. The van der Waals surface area contributed by atoms with Crippen LogP contribution in [0.15, 0.2) is 12.1 Å². The van der Waals surface area contributed by atoms with E-state index in [0.29, 0.717) is 18.6 Å². The highest BCUT2D eigenvalue weighted by Gasteiger charge is 2.26. The van der Waals surface area contributed by atoms with Crippen LogP contribution in [0.1, 0.15) is 23.7 Å². The van der Waals surface area contributed by atoms with E-state index >= 15 is 0 Å². The van der Waals surface area contributed by atoms with Crippen molar-refractivity contribution in [2.75, 3.05) is 13.1 Å². The number of nitriles is 1. The van der Waals surface area contributed by atoms with Gasteiger partial charge >= 0.3 is 5.69 Å². The average molecular weight is 283 g/mol. The smallest absolute Gasteiger partial charge is 0.308 e. The number of nitro benzene ring substituents is 1. The van der Waals surface area contributed by atoms with Crippen LogP contribution in [-0.2, 0) is 0 Å². The number of hydrogen-bond donors (Lipinski definition) is 0. The van der Waals surface area contributed by atoms with Gasteiger partial charge in [-0.25, -0.2) is 4.39 Å². The molecule has 8 heteroatoms. The van der Waals surface area contributed by atoms with Gasteiger partial charge in [0, 0.05) is 6.54 Å². The van der Waals surface area contributed by atoms with Gasteiger partial charge in [-0.1, -0.05) is 6.92 Å². The molecule has 0 atom stereocenters. The van der Waals surface area contributed by atoms with Crippen LogP contribution in [0.4, 0.5) is 14.5 Å². The lowest BCUT2D eigenvalue weighted by Crippen LogP contribution is -2.33. The molecular weight excluding hydrogens is 272 g/mol. The predicted octanol–water partition coefficient (Wildman–Crippen LogP) is 2.25. The quantitative estimate of drug-likeness (QED) is 0.471. The minimum Gasteiger partial charge on any atom is -0.325 e. The summed E-state index contributed by atoms with van der Waals surface area (Å²) in [6.07, 6.45) is 0.506. The lowest BCUT2D eigenvalue weighted by Gasteiger charge is -2.18. The van der Waals surface area contributed by atoms with Crippen LogP contribution >= 0.6 is 0 Å². The number of halogens is 2. The lowest BCUT2D eigenvalue weighted by molar-refractivity contribution is -0.387. The topological polar surface area (TPSA) is 87.2 Å². The number of nitrogens with zero attached hydrogens (tertiary/aromatic N) is 3. The molecule has 0 bridgehead atoms. The van der Waals surface area contributed by atoms with Crippen LogP contribution in [0, 0.1) is 33.1 Å². The molecule has 0 aliphatic rings. The first-order valence-corrected chi connectivity index (χ1v) is 5.72. The molecular formula is C12H11F2N3O3. The first-order chi connectivity index (χ1) is 9.42. The van der Waals surface area contributed by atoms with E-state index < -0.39 is 33.7 Å². The van der Waals surface area contributed by atoms with E-state index in [4.69, 9.17) is 5.26 Å². The second kappa shape index (κ2) is 6.56. The van der Waals surface area contributed by atoms with Gasteiger partial charge in [0.15, 0.2) is 0 Å². The summed E-state index contributed by atoms with van der Waals surface area (Å²) < 4.78 is 27.1. The summed E-state index contributed by atoms with van der Waals surface area (Å²) in [5.41, 5.74) is -1.86. The number of carbonyl (C=O) groups excluding carboxylic acids is 1. The first kappa shape index (κ1) is 15.5. The fraction of sp³-hybridized carbons (Fsp3) is 0.333. The fourth-order valence-corrected chi connectivity index (χ4v) is 1.64. The van der Waals surface area contributed by atoms with Crippen molar-refractivity contribution in [1.29, 1.82) is 5.26 Å². The molecule has 1 rings (SSSR count). The van der Waals surface area contributed by atoms with Crippen molar-refractivity contribution in [2.24, 2.45) is 0 Å². The number of benzene rings is 1. The van der Waals surface area contributed by atoms with Crippen LogP contribution in [0.2, 0.25) is 0 Å². The van der Waals surface area contributed by atoms with Gasteiger partial charge in [0.25, 0.3) is 5.91 Å². The van der Waals surface area contributed by atoms with Crippen LogP contribution in [-0.4, -0.2) is 28.8 Å². The van der Waals surface area contributed by atoms with Crippen molar-refractivity contribution < 1.29 is 18.5 Å². The van der Waals surface area contributed by atoms with Crippen LogP contribution < -0.4 is 0 Å². The summed E-state index contributed by atoms with van der Waals surface area (Å²) in [4.78, 5) is 22.5. The lowest BCUT2D eigenvalue weighted by atomic mass is 10.1. The van der Waals surface area contributed by atoms with Crippen LogP contribution in [0.25, 0.3) is 0 Å². The number of carbonyl (C=O) groups is 1. The van der Waals surface area contributed by atoms with E-state index in [9.17, 15) is 23.7 Å². The second-order valence-electron chi connectivity index (χ2n) is 3.93. The third-order valence-electron chi connectivity index (χ3n) is 2.49. The molecule has 0 spiro atoms. The largest absolute Gasteiger partial charge is 0.325 e. The van der Waals surface area contributed by atoms with Crippen molar-refractivity contribution in [1.82, 2.24) is 4.90 Å². The third kappa shape index (κ3) is 3.26. The molecule has 0 N–H and O–H groups in total. The van der Waals surface area contributed by atoms with E-state index in [-0.39, 0.29) is 13.1 Å². The third-order valence-corrected chi connectivity index (χ3v) is 2.49. The Balaban J connectivity index is 3.28. The molecule has 0 saturated carbocycles. The molecule has 20 heavy (non-hydrogen) atoms. The molecule has 0 fully saturated rings. The summed E-state index contributed by atoms with van der Waals surface area (Å²) in [7, 11) is 0. The monoisotopic (exact) mass is 283 g/mol. The molecule has 0 aliphatic carbocycles. The van der Waals surface area contributed by atoms with E-state index in [2.05, 4.69) is 0 Å². The Morgan fingerprint density at radius 3 is 2.65 bits per heavy atom. The standard InChI is InChI=1S/C12H11F2N3O3/c1-2-4-16(5-3-15)12(18)9-6-8(13)7-10(11(9)14)17(19)20/h6-7H,2,4-5H2,1H3. The van der Waals surface area contributed by atoms with Gasteiger partial charge in [0.2, 0.25) is 5.82 Å². The Morgan fingerprint density at radius 1 is 1.50 bits per heavy atom. The Bertz CT molecular complexity index is 584. The molecule has 0 aromatic heterocycles. The Hall–Kier alpha value is -2.56. The van der Waals surface area contributed by atoms with Crippen molar-refractivity contribution in [3.8, 4) is 6.07 Å². The predicted molar refractivity (Wildman–Crippen MR) is 64.8 cm³/mol. The summed E-state index contributed by atoms with van der Waals surface area (Å²) in [6, 6.07) is 2.72. The summed E-state index contributed by atoms with van der Waals surface area (Å²) in [5.74, 6) is -3.44. The molecule has 0 unspecified atom stereocenters. The minimum absolute atomic E-state index is 0.163. The summed E-state index contributed by atoms with van der Waals surface area (Å²) in [6.45, 7) is 1.59. The molecule has 0 saturated heterocycles. The number of rotatable bonds is 5. The maximum Gasteiger partial charge on any atom is 0.308 e. The second-order valence-corrected chi connectivity index (χ2v) is 3.93. The molecule has 6 nitrogen and oxygen atoms in total. The average Bonchev–Trinajstić information content (AvgIpc) is 2.39. The van der Waals surface area contributed by atoms with E-state index in [1.807, 2.05) is 0 Å². The number of nitro groups is 1. The van der Waals surface area contributed by atoms with Gasteiger partial charge in [-0.3, -0.25) is 14.9 Å². The number of amides is 1. The fourth-order valence-electron chi connectivity index (χ4n) is 1.64. The molecule has 1 amide bonds. The zero-order chi connectivity index (χ0) is 15.3. The zero-order valence-electron chi connectivity index (χ0n) is 10.6. The molecule has 0 radical (unpaired) electrons. The van der Waals surface area contributed by atoms with Gasteiger partial charge < -0.3 is 4.90 Å². The van der Waals surface area contributed by atoms with Crippen LogP contribution in [0.3, 0.4) is 0 Å². The summed E-state index contributed by atoms with van der Waals surface area (Å²) in [5, 5.41) is 19.2. The molecule has 106 valence electrons. The zero-order valence-corrected chi connectivity index (χ0v) is 10.6. The number of hydrogen-bond acceptors (Lipinski definition) is 4. The Labute approximate surface area is 113 Å². The van der Waals surface area contributed by atoms with Gasteiger partial charge in [0.1, 0.15) is 12.4 Å². The van der Waals surface area contributed by atoms with Crippen LogP contribution in [0.5, 0.6) is 0 Å². The van der Waals surface area contributed by atoms with E-state index in [0.717, 1.165) is 4.90 Å². The normalized spacial score (nSPS) is 9.90. The van der Waals surface area contributed by atoms with Crippen molar-refractivity contribution in [2.45, 2.75) is 13.3 Å². The highest BCUT2D eigenvalue weighted by atomic mass is 19.1. The SMILES string of the molecule is CCCN(CC#N)C(=O)c1cc(F)cc([N+](=O)[O-])c1F. The highest BCUT2D eigenvalue weighted by molar-refractivity contribution is 5.95. The molecule has 1 aromatic rings. The minimum atomic E-state index is -1.40. The Morgan fingerprint density at radius 2 is 2.15 bits per heavy atom. The molecule has 0 heterocycles. The molecule has 1 aromatic carbocycles. The van der Waals surface area contributed by atoms with Crippen molar-refractivity contribution >= 4 is 11.6 Å². The maximum absolute atomic E-state index is 13.9. The van der Waals surface area contributed by atoms with Crippen molar-refractivity contribution in [3.63, 3.8) is 0 Å². The van der Waals surface area contributed by atoms with E-state index in [1.54, 1.807) is 13.0 Å².